The first kappa shape index (κ1) is 11.6. The Morgan fingerprint density at radius 3 is 1.95 bits per heavy atom. The minimum atomic E-state index is -0.0902. The predicted octanol–water partition coefficient (Wildman–Crippen LogP) is 3.90. The monoisotopic (exact) mass is 282 g/mol. The first-order valence-electron chi connectivity index (χ1n) is 7.21. The average molecular weight is 282 g/mol. The van der Waals surface area contributed by atoms with Gasteiger partial charge in [0, 0.05) is 16.2 Å². The Bertz CT molecular complexity index is 1300. The molecule has 0 heterocycles. The fraction of sp³-hybridized carbons (Fsp3) is 0. The summed E-state index contributed by atoms with van der Waals surface area (Å²) in [5.41, 5.74) is -0.169. The van der Waals surface area contributed by atoms with E-state index < -0.39 is 0 Å². The smallest absolute Gasteiger partial charge is 0.187 e. The third-order valence-corrected chi connectivity index (χ3v) is 4.51. The molecule has 5 aromatic rings. The summed E-state index contributed by atoms with van der Waals surface area (Å²) in [5, 5.41) is 6.95. The lowest BCUT2D eigenvalue weighted by molar-refractivity contribution is 1.67. The lowest BCUT2D eigenvalue weighted by Crippen LogP contribution is -2.07. The van der Waals surface area contributed by atoms with E-state index in [9.17, 15) is 9.59 Å². The van der Waals surface area contributed by atoms with Crippen LogP contribution in [0.4, 0.5) is 0 Å². The number of hydrogen-bond acceptors (Lipinski definition) is 2. The van der Waals surface area contributed by atoms with Crippen LogP contribution in [0.3, 0.4) is 0 Å². The SMILES string of the molecule is O=c1cccc2cc3ccc4cccc5cc(=O)c(c12)c3c45. The first-order valence-corrected chi connectivity index (χ1v) is 7.21. The molecule has 0 aliphatic carbocycles. The summed E-state index contributed by atoms with van der Waals surface area (Å²) in [6.45, 7) is 0. The maximum Gasteiger partial charge on any atom is 0.187 e. The minimum Gasteiger partial charge on any atom is -0.289 e. The molecule has 0 aromatic heterocycles. The number of hydrogen-bond donors (Lipinski definition) is 0. The Hall–Kier alpha value is -3.00. The second-order valence-corrected chi connectivity index (χ2v) is 5.72. The van der Waals surface area contributed by atoms with Gasteiger partial charge in [0.25, 0.3) is 0 Å². The number of rotatable bonds is 0. The Kier molecular flexibility index (Phi) is 2.01. The van der Waals surface area contributed by atoms with E-state index in [1.807, 2.05) is 36.4 Å². The van der Waals surface area contributed by atoms with Crippen molar-refractivity contribution in [2.45, 2.75) is 0 Å². The number of fused-ring (bicyclic) bond motifs is 2. The molecule has 2 heteroatoms. The van der Waals surface area contributed by atoms with E-state index >= 15 is 0 Å². The maximum atomic E-state index is 12.7. The summed E-state index contributed by atoms with van der Waals surface area (Å²) >= 11 is 0. The van der Waals surface area contributed by atoms with Crippen LogP contribution in [0.2, 0.25) is 0 Å². The molecule has 0 fully saturated rings. The molecule has 0 aliphatic rings. The van der Waals surface area contributed by atoms with E-state index in [1.54, 1.807) is 12.1 Å². The van der Waals surface area contributed by atoms with Gasteiger partial charge in [0.1, 0.15) is 0 Å². The standard InChI is InChI=1S/C20H10O2/c21-15-6-2-5-12-9-14-8-7-11-3-1-4-13-10-16(22)20(18(12)15)19(14)17(11)13/h1-10H. The third-order valence-electron chi connectivity index (χ3n) is 4.51. The van der Waals surface area contributed by atoms with E-state index in [1.165, 1.54) is 6.07 Å². The predicted molar refractivity (Wildman–Crippen MR) is 91.4 cm³/mol. The van der Waals surface area contributed by atoms with Crippen molar-refractivity contribution in [2.24, 2.45) is 0 Å². The van der Waals surface area contributed by atoms with Crippen molar-refractivity contribution in [3.8, 4) is 0 Å². The summed E-state index contributed by atoms with van der Waals surface area (Å²) in [4.78, 5) is 25.0. The second-order valence-electron chi connectivity index (χ2n) is 5.72. The summed E-state index contributed by atoms with van der Waals surface area (Å²) in [5.74, 6) is 0. The molecule has 22 heavy (non-hydrogen) atoms. The molecule has 2 nitrogen and oxygen atoms in total. The van der Waals surface area contributed by atoms with E-state index in [0.29, 0.717) is 10.8 Å². The Labute approximate surface area is 124 Å². The van der Waals surface area contributed by atoms with Gasteiger partial charge in [-0.25, -0.2) is 0 Å². The van der Waals surface area contributed by atoms with Crippen molar-refractivity contribution in [1.29, 1.82) is 0 Å². The normalized spacial score (nSPS) is 12.0. The summed E-state index contributed by atoms with van der Waals surface area (Å²) in [6.07, 6.45) is 0. The van der Waals surface area contributed by atoms with Gasteiger partial charge < -0.3 is 0 Å². The average Bonchev–Trinajstić information content (AvgIpc) is 2.52. The zero-order chi connectivity index (χ0) is 14.8. The second kappa shape index (κ2) is 3.80. The van der Waals surface area contributed by atoms with Crippen LogP contribution in [-0.4, -0.2) is 0 Å². The minimum absolute atomic E-state index is 0.0786. The lowest BCUT2D eigenvalue weighted by Gasteiger charge is -2.11. The molecule has 5 rings (SSSR count). The van der Waals surface area contributed by atoms with Crippen LogP contribution in [0.15, 0.2) is 70.3 Å². The Morgan fingerprint density at radius 1 is 0.455 bits per heavy atom. The van der Waals surface area contributed by atoms with Gasteiger partial charge in [-0.3, -0.25) is 9.59 Å². The van der Waals surface area contributed by atoms with E-state index in [2.05, 4.69) is 6.07 Å². The van der Waals surface area contributed by atoms with Crippen LogP contribution < -0.4 is 10.9 Å². The van der Waals surface area contributed by atoms with E-state index in [-0.39, 0.29) is 10.9 Å². The van der Waals surface area contributed by atoms with Gasteiger partial charge in [-0.2, -0.15) is 0 Å². The van der Waals surface area contributed by atoms with Gasteiger partial charge in [-0.05, 0) is 45.1 Å². The van der Waals surface area contributed by atoms with Gasteiger partial charge in [0.2, 0.25) is 0 Å². The molecule has 0 saturated carbocycles. The third kappa shape index (κ3) is 1.29. The van der Waals surface area contributed by atoms with Crippen molar-refractivity contribution in [1.82, 2.24) is 0 Å². The molecular formula is C20H10O2. The summed E-state index contributed by atoms with van der Waals surface area (Å²) in [7, 11) is 0. The van der Waals surface area contributed by atoms with Crippen LogP contribution >= 0.6 is 0 Å². The van der Waals surface area contributed by atoms with E-state index in [4.69, 9.17) is 0 Å². The Balaban J connectivity index is 2.32. The highest BCUT2D eigenvalue weighted by Crippen LogP contribution is 2.35. The van der Waals surface area contributed by atoms with Crippen LogP contribution in [0.1, 0.15) is 0 Å². The fourth-order valence-corrected chi connectivity index (χ4v) is 3.62. The molecule has 0 N–H and O–H groups in total. The van der Waals surface area contributed by atoms with Crippen molar-refractivity contribution in [2.75, 3.05) is 0 Å². The molecule has 0 unspecified atom stereocenters. The van der Waals surface area contributed by atoms with Gasteiger partial charge >= 0.3 is 0 Å². The highest BCUT2D eigenvalue weighted by Gasteiger charge is 2.14. The molecule has 102 valence electrons. The lowest BCUT2D eigenvalue weighted by atomic mass is 9.91. The molecule has 0 bridgehead atoms. The summed E-state index contributed by atoms with van der Waals surface area (Å²) in [6, 6.07) is 18.9. The van der Waals surface area contributed by atoms with Crippen LogP contribution in [0.25, 0.3) is 43.1 Å². The van der Waals surface area contributed by atoms with Crippen molar-refractivity contribution in [3.05, 3.63) is 81.1 Å². The Morgan fingerprint density at radius 2 is 1.09 bits per heavy atom. The molecular weight excluding hydrogens is 272 g/mol. The van der Waals surface area contributed by atoms with Gasteiger partial charge in [-0.1, -0.05) is 42.5 Å². The van der Waals surface area contributed by atoms with Gasteiger partial charge in [0.05, 0.1) is 0 Å². The summed E-state index contributed by atoms with van der Waals surface area (Å²) < 4.78 is 0. The highest BCUT2D eigenvalue weighted by molar-refractivity contribution is 6.28. The topological polar surface area (TPSA) is 34.1 Å². The number of benzene rings is 5. The molecule has 0 saturated heterocycles. The zero-order valence-electron chi connectivity index (χ0n) is 11.6. The van der Waals surface area contributed by atoms with Crippen molar-refractivity contribution >= 4 is 43.1 Å². The molecule has 0 aliphatic heterocycles. The maximum absolute atomic E-state index is 12.7. The quantitative estimate of drug-likeness (QED) is 0.319. The van der Waals surface area contributed by atoms with Crippen molar-refractivity contribution in [3.63, 3.8) is 0 Å². The van der Waals surface area contributed by atoms with Crippen LogP contribution in [0, 0.1) is 0 Å². The van der Waals surface area contributed by atoms with E-state index in [0.717, 1.165) is 32.3 Å². The van der Waals surface area contributed by atoms with Crippen molar-refractivity contribution < 1.29 is 0 Å². The fourth-order valence-electron chi connectivity index (χ4n) is 3.62. The molecule has 0 spiro atoms. The highest BCUT2D eigenvalue weighted by atomic mass is 16.1. The molecule has 0 atom stereocenters. The molecule has 5 aromatic carbocycles. The largest absolute Gasteiger partial charge is 0.289 e. The van der Waals surface area contributed by atoms with Crippen LogP contribution in [-0.2, 0) is 0 Å². The first-order chi connectivity index (χ1) is 10.7. The zero-order valence-corrected chi connectivity index (χ0v) is 11.6. The van der Waals surface area contributed by atoms with Crippen LogP contribution in [0.5, 0.6) is 0 Å². The molecule has 0 radical (unpaired) electrons. The van der Waals surface area contributed by atoms with Gasteiger partial charge in [0.15, 0.2) is 10.9 Å². The molecule has 0 amide bonds. The van der Waals surface area contributed by atoms with Gasteiger partial charge in [-0.15, -0.1) is 0 Å².